The number of hydrogen-bond acceptors (Lipinski definition) is 16. The van der Waals surface area contributed by atoms with E-state index in [1.54, 1.807) is 30.3 Å². The van der Waals surface area contributed by atoms with Crippen molar-refractivity contribution >= 4 is 113 Å². The fraction of sp³-hybridized carbons (Fsp3) is 0.0862. The third-order valence-corrected chi connectivity index (χ3v) is 16.7. The van der Waals surface area contributed by atoms with Gasteiger partial charge in [-0.25, -0.2) is 14.6 Å². The molecule has 0 amide bonds. The van der Waals surface area contributed by atoms with Crippen molar-refractivity contribution in [2.75, 3.05) is 0 Å². The summed E-state index contributed by atoms with van der Waals surface area (Å²) in [5.41, 5.74) is 7.12. The second-order valence-electron chi connectivity index (χ2n) is 17.2. The molecule has 5 heterocycles. The zero-order valence-electron chi connectivity index (χ0n) is 43.1. The van der Waals surface area contributed by atoms with Crippen LogP contribution in [-0.2, 0) is 26.2 Å². The molecular formula is C58H49Ga2N5O14. The summed E-state index contributed by atoms with van der Waals surface area (Å²) in [5.74, 6) is -2.42. The number of aromatic nitrogens is 5. The first-order chi connectivity index (χ1) is 37.5. The zero-order chi connectivity index (χ0) is 55.3. The van der Waals surface area contributed by atoms with E-state index < -0.39 is 58.5 Å². The molecule has 0 radical (unpaired) electrons. The maximum atomic E-state index is 13.5. The average molecular weight is 1180 g/mol. The predicted octanol–water partition coefficient (Wildman–Crippen LogP) is 9.48. The van der Waals surface area contributed by atoms with Crippen LogP contribution in [0.3, 0.4) is 0 Å². The van der Waals surface area contributed by atoms with E-state index in [0.717, 1.165) is 67.6 Å². The van der Waals surface area contributed by atoms with Crippen molar-refractivity contribution < 1.29 is 61.1 Å². The molecule has 0 atom stereocenters. The SMILES string of the molecule is Cc1ccc2cccc(O)c2n1.Cc1ccc2cccc([O][Ga]([O]C(=O)/C=C\C(=O)[O][Ga]([O]c3cccc4ccc(C)nc34)[O]c3cccc4ccc(C)nc34)[O]c3cccc4ccc(C)nc34)c2n1.O.O=C(O)/C=C\C(=O)O. The number of aliphatic carboxylic acids is 2. The molecule has 0 aliphatic carbocycles. The summed E-state index contributed by atoms with van der Waals surface area (Å²) in [4.78, 5) is 68.9. The number of para-hydroxylation sites is 5. The summed E-state index contributed by atoms with van der Waals surface area (Å²) >= 11 is -8.10. The van der Waals surface area contributed by atoms with E-state index in [9.17, 15) is 24.3 Å². The van der Waals surface area contributed by atoms with E-state index in [2.05, 4.69) is 24.9 Å². The first kappa shape index (κ1) is 57.4. The van der Waals surface area contributed by atoms with Crippen LogP contribution in [0.5, 0.6) is 28.7 Å². The molecule has 10 aromatic rings. The van der Waals surface area contributed by atoms with E-state index >= 15 is 0 Å². The number of aryl methyl sites for hydroxylation is 5. The van der Waals surface area contributed by atoms with Crippen molar-refractivity contribution in [3.8, 4) is 28.7 Å². The third kappa shape index (κ3) is 15.7. The molecule has 0 bridgehead atoms. The van der Waals surface area contributed by atoms with Crippen molar-refractivity contribution in [3.63, 3.8) is 0 Å². The quantitative estimate of drug-likeness (QED) is 0.0675. The van der Waals surface area contributed by atoms with Crippen molar-refractivity contribution in [3.05, 3.63) is 204 Å². The van der Waals surface area contributed by atoms with Gasteiger partial charge in [0.25, 0.3) is 0 Å². The second-order valence-corrected chi connectivity index (χ2v) is 22.6. The number of phenolic OH excluding ortho intramolecular Hbond substituents is 1. The van der Waals surface area contributed by atoms with E-state index in [1.165, 1.54) is 0 Å². The monoisotopic (exact) mass is 1180 g/mol. The molecule has 0 saturated carbocycles. The van der Waals surface area contributed by atoms with Crippen molar-refractivity contribution in [1.82, 2.24) is 24.9 Å². The topological polar surface area (TPSA) is 280 Å². The minimum absolute atomic E-state index is 0. The smallest absolute Gasteiger partial charge is 0.328 e. The van der Waals surface area contributed by atoms with Gasteiger partial charge in [-0.15, -0.1) is 0 Å². The van der Waals surface area contributed by atoms with Gasteiger partial charge in [0, 0.05) is 23.2 Å². The number of carboxylic acid groups (broad SMARTS) is 2. The number of benzene rings is 5. The van der Waals surface area contributed by atoms with Gasteiger partial charge < -0.3 is 20.8 Å². The second kappa shape index (κ2) is 26.7. The molecule has 5 N–H and O–H groups in total. The van der Waals surface area contributed by atoms with E-state index in [1.807, 2.05) is 156 Å². The average Bonchev–Trinajstić information content (AvgIpc) is 3.48. The normalized spacial score (nSPS) is 10.7. The Morgan fingerprint density at radius 3 is 0.899 bits per heavy atom. The first-order valence-corrected chi connectivity index (χ1v) is 29.9. The number of carbonyl (C=O) groups excluding carboxylic acids is 2. The fourth-order valence-electron chi connectivity index (χ4n) is 7.59. The number of fused-ring (bicyclic) bond motifs is 5. The molecule has 21 heteroatoms. The molecule has 19 nitrogen and oxygen atoms in total. The van der Waals surface area contributed by atoms with Gasteiger partial charge in [0.15, 0.2) is 0 Å². The number of rotatable bonds is 14. The Hall–Kier alpha value is -9.26. The Balaban J connectivity index is 0.000000360. The molecule has 10 rings (SSSR count). The van der Waals surface area contributed by atoms with E-state index in [0.29, 0.717) is 62.7 Å². The van der Waals surface area contributed by atoms with Crippen LogP contribution in [0.4, 0.5) is 0 Å². The molecular weight excluding hydrogens is 1130 g/mol. The molecule has 5 aromatic carbocycles. The third-order valence-electron chi connectivity index (χ3n) is 11.2. The van der Waals surface area contributed by atoms with Gasteiger partial charge in [-0.2, -0.15) is 0 Å². The van der Waals surface area contributed by atoms with Gasteiger partial charge in [0.05, 0.1) is 0 Å². The maximum Gasteiger partial charge on any atom is 0.328 e. The first-order valence-electron chi connectivity index (χ1n) is 24.0. The van der Waals surface area contributed by atoms with Crippen LogP contribution in [0.25, 0.3) is 54.5 Å². The largest absolute Gasteiger partial charge is 0.478 e. The van der Waals surface area contributed by atoms with E-state index in [4.69, 9.17) is 31.4 Å². The van der Waals surface area contributed by atoms with Crippen LogP contribution in [0.2, 0.25) is 0 Å². The molecule has 79 heavy (non-hydrogen) atoms. The number of carboxylic acids is 2. The Morgan fingerprint density at radius 1 is 0.367 bits per heavy atom. The number of nitrogens with zero attached hydrogens (tertiary/aromatic N) is 5. The number of carbonyl (C=O) groups is 4. The van der Waals surface area contributed by atoms with Gasteiger partial charge in [-0.3, -0.25) is 0 Å². The fourth-order valence-corrected chi connectivity index (χ4v) is 12.7. The minimum atomic E-state index is -4.05. The van der Waals surface area contributed by atoms with Crippen LogP contribution < -0.4 is 14.1 Å². The Morgan fingerprint density at radius 2 is 0.620 bits per heavy atom. The summed E-state index contributed by atoms with van der Waals surface area (Å²) in [6.07, 6.45) is 3.05. The summed E-state index contributed by atoms with van der Waals surface area (Å²) in [7, 11) is 0. The van der Waals surface area contributed by atoms with Gasteiger partial charge in [0.1, 0.15) is 11.3 Å². The van der Waals surface area contributed by atoms with Crippen LogP contribution in [-0.4, -0.2) is 104 Å². The van der Waals surface area contributed by atoms with Crippen LogP contribution in [0, 0.1) is 34.6 Å². The minimum Gasteiger partial charge on any atom is -0.478 e. The molecule has 0 aliphatic rings. The van der Waals surface area contributed by atoms with Gasteiger partial charge in [0.2, 0.25) is 0 Å². The number of phenols is 1. The van der Waals surface area contributed by atoms with E-state index in [-0.39, 0.29) is 11.2 Å². The number of pyridine rings is 5. The van der Waals surface area contributed by atoms with Crippen molar-refractivity contribution in [2.45, 2.75) is 34.6 Å². The molecule has 0 spiro atoms. The van der Waals surface area contributed by atoms with Crippen LogP contribution in [0.1, 0.15) is 28.5 Å². The maximum absolute atomic E-state index is 13.5. The molecule has 0 saturated heterocycles. The Bertz CT molecular complexity index is 3570. The Labute approximate surface area is 464 Å². The van der Waals surface area contributed by atoms with Gasteiger partial charge in [-0.05, 0) is 19.1 Å². The molecule has 0 aliphatic heterocycles. The summed E-state index contributed by atoms with van der Waals surface area (Å²) in [5, 5.41) is 29.4. The van der Waals surface area contributed by atoms with Crippen molar-refractivity contribution in [2.24, 2.45) is 0 Å². The summed E-state index contributed by atoms with van der Waals surface area (Å²) < 4.78 is 37.2. The number of hydrogen-bond donors (Lipinski definition) is 3. The molecule has 396 valence electrons. The van der Waals surface area contributed by atoms with Gasteiger partial charge >= 0.3 is 360 Å². The number of aromatic hydroxyl groups is 1. The predicted molar refractivity (Wildman–Crippen MR) is 297 cm³/mol. The standard InChI is InChI=1S/5C10H9NO.2C4H4O4.2Ga.H2O/c5*1-7-5-6-8-3-2-4-9(12)10(8)11-7;2*5-3(6)1-2-4(7)8;;;/h5*2-6,12H,1H3;2*1-2H,(H,5,6)(H,7,8);;;1H2/q;;;;;;;2*+3;/p-6/b;;;;;2*2-1-;;;. The summed E-state index contributed by atoms with van der Waals surface area (Å²) in [6, 6.07) is 46.6. The van der Waals surface area contributed by atoms with Crippen LogP contribution in [0.15, 0.2) is 176 Å². The molecule has 5 aromatic heterocycles. The van der Waals surface area contributed by atoms with Crippen molar-refractivity contribution in [1.29, 1.82) is 0 Å². The summed E-state index contributed by atoms with van der Waals surface area (Å²) in [6.45, 7) is 9.42. The zero-order valence-corrected chi connectivity index (χ0v) is 47.9. The molecule has 0 fully saturated rings. The van der Waals surface area contributed by atoms with Gasteiger partial charge in [-0.1, -0.05) is 18.2 Å². The van der Waals surface area contributed by atoms with Crippen LogP contribution >= 0.6 is 0 Å². The molecule has 0 unspecified atom stereocenters. The Kier molecular flexibility index (Phi) is 19.4.